The third kappa shape index (κ3) is 5.27. The summed E-state index contributed by atoms with van der Waals surface area (Å²) in [5.41, 5.74) is 2.57. The number of methoxy groups -OCH3 is 1. The Labute approximate surface area is 251 Å². The maximum Gasteiger partial charge on any atom is 0.217 e. The van der Waals surface area contributed by atoms with Crippen LogP contribution in [-0.2, 0) is 5.60 Å². The van der Waals surface area contributed by atoms with Crippen LogP contribution in [0.15, 0.2) is 102 Å². The zero-order valence-electron chi connectivity index (χ0n) is 23.8. The minimum absolute atomic E-state index is 0.0366. The molecular weight excluding hydrogens is 572 g/mol. The van der Waals surface area contributed by atoms with Gasteiger partial charge < -0.3 is 14.7 Å². The van der Waals surface area contributed by atoms with Gasteiger partial charge in [-0.3, -0.25) is 0 Å². The molecule has 1 aromatic heterocycles. The Bertz CT molecular complexity index is 1640. The molecule has 1 aliphatic heterocycles. The third-order valence-corrected chi connectivity index (χ3v) is 9.31. The molecule has 5 aromatic rings. The van der Waals surface area contributed by atoms with E-state index in [0.29, 0.717) is 5.88 Å². The van der Waals surface area contributed by atoms with Crippen molar-refractivity contribution in [2.45, 2.75) is 37.7 Å². The van der Waals surface area contributed by atoms with E-state index in [4.69, 9.17) is 9.72 Å². The van der Waals surface area contributed by atoms with Crippen molar-refractivity contribution < 1.29 is 9.84 Å². The Morgan fingerprint density at radius 3 is 2.41 bits per heavy atom. The fourth-order valence-corrected chi connectivity index (χ4v) is 7.31. The quantitative estimate of drug-likeness (QED) is 0.192. The number of pyridine rings is 1. The van der Waals surface area contributed by atoms with Crippen LogP contribution in [0, 0.1) is 5.92 Å². The van der Waals surface area contributed by atoms with Gasteiger partial charge in [0.05, 0.1) is 12.6 Å². The number of piperidine rings is 1. The number of hydrogen-bond donors (Lipinski definition) is 1. The molecule has 5 heteroatoms. The lowest BCUT2D eigenvalue weighted by Crippen LogP contribution is -2.47. The van der Waals surface area contributed by atoms with Crippen LogP contribution in [0.4, 0.5) is 0 Å². The molecule has 0 amide bonds. The molecule has 1 fully saturated rings. The Balaban J connectivity index is 1.64. The number of nitrogens with zero attached hydrogens (tertiary/aromatic N) is 2. The maximum atomic E-state index is 13.6. The zero-order chi connectivity index (χ0) is 28.4. The standard InChI is InChI=1S/C36H37BrN2O2/c1-3-20-39-21-18-28(19-22-39)36(40,32-15-9-13-25-10-7-8-14-30(25)32)34(26-11-5-4-6-12-26)31-24-27-23-29(37)16-17-33(27)38-35(31)41-2/h4-17,23-24,28,34,40H,3,18-22H2,1-2H3. The third-order valence-electron chi connectivity index (χ3n) is 8.82. The molecule has 0 radical (unpaired) electrons. The molecule has 1 aliphatic rings. The Morgan fingerprint density at radius 2 is 1.66 bits per heavy atom. The molecule has 0 spiro atoms. The van der Waals surface area contributed by atoms with Crippen LogP contribution in [-0.4, -0.2) is 41.7 Å². The van der Waals surface area contributed by atoms with E-state index < -0.39 is 11.5 Å². The molecule has 2 unspecified atom stereocenters. The van der Waals surface area contributed by atoms with E-state index in [0.717, 1.165) is 81.7 Å². The van der Waals surface area contributed by atoms with Crippen molar-refractivity contribution in [1.82, 2.24) is 9.88 Å². The molecule has 6 rings (SSSR count). The number of hydrogen-bond acceptors (Lipinski definition) is 4. The summed E-state index contributed by atoms with van der Waals surface area (Å²) in [6.07, 6.45) is 2.97. The van der Waals surface area contributed by atoms with Gasteiger partial charge in [-0.15, -0.1) is 0 Å². The van der Waals surface area contributed by atoms with Gasteiger partial charge in [-0.1, -0.05) is 95.7 Å². The van der Waals surface area contributed by atoms with Crippen LogP contribution in [0.2, 0.25) is 0 Å². The van der Waals surface area contributed by atoms with E-state index in [1.807, 2.05) is 18.2 Å². The monoisotopic (exact) mass is 608 g/mol. The van der Waals surface area contributed by atoms with Gasteiger partial charge in [0, 0.05) is 21.3 Å². The first-order valence-corrected chi connectivity index (χ1v) is 15.4. The number of halogens is 1. The maximum absolute atomic E-state index is 13.6. The van der Waals surface area contributed by atoms with Crippen LogP contribution in [0.25, 0.3) is 21.7 Å². The number of likely N-dealkylation sites (tertiary alicyclic amines) is 1. The number of fused-ring (bicyclic) bond motifs is 2. The highest BCUT2D eigenvalue weighted by molar-refractivity contribution is 9.10. The summed E-state index contributed by atoms with van der Waals surface area (Å²) in [5, 5.41) is 16.9. The van der Waals surface area contributed by atoms with Crippen molar-refractivity contribution in [1.29, 1.82) is 0 Å². The molecule has 41 heavy (non-hydrogen) atoms. The molecule has 4 aromatic carbocycles. The average Bonchev–Trinajstić information content (AvgIpc) is 3.01. The number of aliphatic hydroxyl groups is 1. The molecule has 2 heterocycles. The normalized spacial score (nSPS) is 17.0. The Kier molecular flexibility index (Phi) is 8.12. The SMILES string of the molecule is CCCN1CCC(C(O)(c2cccc3ccccc23)C(c2ccccc2)c2cc3cc(Br)ccc3nc2OC)CC1. The van der Waals surface area contributed by atoms with Crippen LogP contribution in [0.1, 0.15) is 48.8 Å². The minimum atomic E-state index is -1.21. The summed E-state index contributed by atoms with van der Waals surface area (Å²) < 4.78 is 6.99. The fraction of sp³-hybridized carbons (Fsp3) is 0.306. The smallest absolute Gasteiger partial charge is 0.217 e. The summed E-state index contributed by atoms with van der Waals surface area (Å²) in [7, 11) is 1.68. The predicted molar refractivity (Wildman–Crippen MR) is 172 cm³/mol. The van der Waals surface area contributed by atoms with Crippen molar-refractivity contribution in [3.63, 3.8) is 0 Å². The molecule has 2 atom stereocenters. The Hall–Kier alpha value is -3.25. The van der Waals surface area contributed by atoms with Crippen LogP contribution in [0.3, 0.4) is 0 Å². The second-order valence-electron chi connectivity index (χ2n) is 11.2. The van der Waals surface area contributed by atoms with Gasteiger partial charge in [-0.2, -0.15) is 0 Å². The first kappa shape index (κ1) is 27.9. The number of rotatable bonds is 8. The predicted octanol–water partition coefficient (Wildman–Crippen LogP) is 8.30. The molecule has 210 valence electrons. The van der Waals surface area contributed by atoms with E-state index in [9.17, 15) is 5.11 Å². The van der Waals surface area contributed by atoms with E-state index >= 15 is 0 Å². The lowest BCUT2D eigenvalue weighted by Gasteiger charge is -2.47. The van der Waals surface area contributed by atoms with E-state index in [1.54, 1.807) is 7.11 Å². The topological polar surface area (TPSA) is 45.6 Å². The molecule has 0 bridgehead atoms. The number of ether oxygens (including phenoxy) is 1. The van der Waals surface area contributed by atoms with E-state index in [2.05, 4.69) is 107 Å². The van der Waals surface area contributed by atoms with Crippen molar-refractivity contribution in [3.8, 4) is 5.88 Å². The van der Waals surface area contributed by atoms with Gasteiger partial charge >= 0.3 is 0 Å². The van der Waals surface area contributed by atoms with Crippen molar-refractivity contribution in [2.75, 3.05) is 26.7 Å². The second-order valence-corrected chi connectivity index (χ2v) is 12.2. The molecule has 1 N–H and O–H groups in total. The first-order valence-electron chi connectivity index (χ1n) is 14.6. The lowest BCUT2D eigenvalue weighted by molar-refractivity contribution is -0.0612. The highest BCUT2D eigenvalue weighted by Crippen LogP contribution is 2.53. The van der Waals surface area contributed by atoms with Crippen LogP contribution < -0.4 is 4.74 Å². The highest BCUT2D eigenvalue weighted by atomic mass is 79.9. The largest absolute Gasteiger partial charge is 0.481 e. The zero-order valence-corrected chi connectivity index (χ0v) is 25.3. The van der Waals surface area contributed by atoms with Gasteiger partial charge in [0.15, 0.2) is 0 Å². The Morgan fingerprint density at radius 1 is 0.927 bits per heavy atom. The molecule has 1 saturated heterocycles. The second kappa shape index (κ2) is 11.9. The molecule has 0 saturated carbocycles. The van der Waals surface area contributed by atoms with Crippen LogP contribution >= 0.6 is 15.9 Å². The highest BCUT2D eigenvalue weighted by Gasteiger charge is 2.49. The number of benzene rings is 4. The lowest BCUT2D eigenvalue weighted by atomic mass is 9.64. The van der Waals surface area contributed by atoms with Gasteiger partial charge in [0.25, 0.3) is 0 Å². The van der Waals surface area contributed by atoms with Gasteiger partial charge in [-0.25, -0.2) is 4.98 Å². The summed E-state index contributed by atoms with van der Waals surface area (Å²) in [5.74, 6) is 0.188. The fourth-order valence-electron chi connectivity index (χ4n) is 6.93. The van der Waals surface area contributed by atoms with Crippen molar-refractivity contribution >= 4 is 37.6 Å². The minimum Gasteiger partial charge on any atom is -0.481 e. The molecule has 4 nitrogen and oxygen atoms in total. The van der Waals surface area contributed by atoms with E-state index in [-0.39, 0.29) is 5.92 Å². The summed E-state index contributed by atoms with van der Waals surface area (Å²) in [6, 6.07) is 33.5. The van der Waals surface area contributed by atoms with Crippen molar-refractivity contribution in [3.05, 3.63) is 118 Å². The van der Waals surface area contributed by atoms with Gasteiger partial charge in [0.1, 0.15) is 5.60 Å². The first-order chi connectivity index (χ1) is 20.0. The summed E-state index contributed by atoms with van der Waals surface area (Å²) >= 11 is 3.65. The van der Waals surface area contributed by atoms with Gasteiger partial charge in [-0.05, 0) is 91.0 Å². The summed E-state index contributed by atoms with van der Waals surface area (Å²) in [6.45, 7) is 5.29. The average molecular weight is 610 g/mol. The molecule has 0 aliphatic carbocycles. The number of aromatic nitrogens is 1. The summed E-state index contributed by atoms with van der Waals surface area (Å²) in [4.78, 5) is 7.50. The van der Waals surface area contributed by atoms with Crippen molar-refractivity contribution in [2.24, 2.45) is 5.92 Å². The molecular formula is C36H37BrN2O2. The van der Waals surface area contributed by atoms with Gasteiger partial charge in [0.2, 0.25) is 5.88 Å². The van der Waals surface area contributed by atoms with Crippen LogP contribution in [0.5, 0.6) is 5.88 Å². The van der Waals surface area contributed by atoms with E-state index in [1.165, 1.54) is 0 Å².